The summed E-state index contributed by atoms with van der Waals surface area (Å²) in [5.74, 6) is -0.982. The van der Waals surface area contributed by atoms with Crippen LogP contribution in [0.3, 0.4) is 0 Å². The molecular weight excluding hydrogens is 168 g/mol. The van der Waals surface area contributed by atoms with Crippen molar-refractivity contribution in [2.45, 2.75) is 19.9 Å². The molecule has 0 radical (unpaired) electrons. The Morgan fingerprint density at radius 1 is 1.38 bits per heavy atom. The minimum Gasteiger partial charge on any atom is -0.481 e. The maximum absolute atomic E-state index is 10.7. The Hall–Kier alpha value is -0.610. The van der Waals surface area contributed by atoms with E-state index in [1.54, 1.807) is 6.92 Å². The van der Waals surface area contributed by atoms with Crippen molar-refractivity contribution in [3.63, 3.8) is 0 Å². The predicted molar refractivity (Wildman–Crippen MR) is 50.7 cm³/mol. The molecular formula is C9H18N2O2. The monoisotopic (exact) mass is 186 g/mol. The molecule has 1 aliphatic heterocycles. The Kier molecular flexibility index (Phi) is 3.69. The van der Waals surface area contributed by atoms with Crippen LogP contribution in [0.2, 0.25) is 0 Å². The minimum absolute atomic E-state index is 0.139. The summed E-state index contributed by atoms with van der Waals surface area (Å²) in [6.45, 7) is 7.62. The summed E-state index contributed by atoms with van der Waals surface area (Å²) in [5, 5.41) is 12.1. The average molecular weight is 186 g/mol. The summed E-state index contributed by atoms with van der Waals surface area (Å²) >= 11 is 0. The van der Waals surface area contributed by atoms with Crippen molar-refractivity contribution in [1.82, 2.24) is 10.2 Å². The standard InChI is InChI=1S/C9H18N2O2/c1-7(9(12)13)8(2)11-5-3-10-4-6-11/h7-8,10H,3-6H2,1-2H3,(H,12,13). The molecule has 2 unspecified atom stereocenters. The maximum Gasteiger partial charge on any atom is 0.307 e. The van der Waals surface area contributed by atoms with Gasteiger partial charge in [0.05, 0.1) is 5.92 Å². The highest BCUT2D eigenvalue weighted by atomic mass is 16.4. The number of carboxylic acids is 1. The summed E-state index contributed by atoms with van der Waals surface area (Å²) < 4.78 is 0. The number of rotatable bonds is 3. The van der Waals surface area contributed by atoms with Crippen molar-refractivity contribution >= 4 is 5.97 Å². The van der Waals surface area contributed by atoms with E-state index in [2.05, 4.69) is 10.2 Å². The summed E-state index contributed by atoms with van der Waals surface area (Å²) in [6, 6.07) is 0.139. The first-order valence-corrected chi connectivity index (χ1v) is 4.80. The Balaban J connectivity index is 2.44. The Bertz CT molecular complexity index is 178. The molecule has 0 aromatic rings. The number of hydrogen-bond donors (Lipinski definition) is 2. The highest BCUT2D eigenvalue weighted by molar-refractivity contribution is 5.70. The van der Waals surface area contributed by atoms with Crippen LogP contribution in [-0.4, -0.2) is 48.2 Å². The van der Waals surface area contributed by atoms with Crippen LogP contribution in [0, 0.1) is 5.92 Å². The lowest BCUT2D eigenvalue weighted by molar-refractivity contribution is -0.143. The van der Waals surface area contributed by atoms with E-state index >= 15 is 0 Å². The van der Waals surface area contributed by atoms with E-state index in [4.69, 9.17) is 5.11 Å². The third kappa shape index (κ3) is 2.67. The molecule has 1 heterocycles. The van der Waals surface area contributed by atoms with Crippen LogP contribution in [0.15, 0.2) is 0 Å². The lowest BCUT2D eigenvalue weighted by Gasteiger charge is -2.34. The fourth-order valence-corrected chi connectivity index (χ4v) is 1.61. The molecule has 0 amide bonds. The topological polar surface area (TPSA) is 52.6 Å². The van der Waals surface area contributed by atoms with Crippen LogP contribution >= 0.6 is 0 Å². The van der Waals surface area contributed by atoms with Crippen LogP contribution in [-0.2, 0) is 4.79 Å². The number of aliphatic carboxylic acids is 1. The number of nitrogens with one attached hydrogen (secondary N) is 1. The second-order valence-corrected chi connectivity index (χ2v) is 3.65. The van der Waals surface area contributed by atoms with E-state index in [0.717, 1.165) is 26.2 Å². The second-order valence-electron chi connectivity index (χ2n) is 3.65. The molecule has 0 bridgehead atoms. The van der Waals surface area contributed by atoms with Crippen LogP contribution in [0.1, 0.15) is 13.8 Å². The lowest BCUT2D eigenvalue weighted by Crippen LogP contribution is -2.50. The maximum atomic E-state index is 10.7. The van der Waals surface area contributed by atoms with E-state index < -0.39 is 5.97 Å². The van der Waals surface area contributed by atoms with E-state index in [9.17, 15) is 4.79 Å². The van der Waals surface area contributed by atoms with Gasteiger partial charge in [-0.05, 0) is 6.92 Å². The average Bonchev–Trinajstić information content (AvgIpc) is 2.17. The summed E-state index contributed by atoms with van der Waals surface area (Å²) in [4.78, 5) is 13.0. The van der Waals surface area contributed by atoms with Crippen molar-refractivity contribution in [2.75, 3.05) is 26.2 Å². The van der Waals surface area contributed by atoms with Gasteiger partial charge in [0.15, 0.2) is 0 Å². The molecule has 76 valence electrons. The lowest BCUT2D eigenvalue weighted by atomic mass is 10.0. The predicted octanol–water partition coefficient (Wildman–Crippen LogP) is 0.000800. The van der Waals surface area contributed by atoms with Gasteiger partial charge in [-0.15, -0.1) is 0 Å². The summed E-state index contributed by atoms with van der Waals surface area (Å²) in [7, 11) is 0. The Labute approximate surface area is 78.9 Å². The molecule has 13 heavy (non-hydrogen) atoms. The van der Waals surface area contributed by atoms with Gasteiger partial charge in [-0.25, -0.2) is 0 Å². The molecule has 0 saturated carbocycles. The van der Waals surface area contributed by atoms with Crippen molar-refractivity contribution in [2.24, 2.45) is 5.92 Å². The first-order chi connectivity index (χ1) is 6.13. The molecule has 1 rings (SSSR count). The number of piperazine rings is 1. The van der Waals surface area contributed by atoms with Gasteiger partial charge in [0.25, 0.3) is 0 Å². The quantitative estimate of drug-likeness (QED) is 0.651. The van der Waals surface area contributed by atoms with Gasteiger partial charge in [0, 0.05) is 32.2 Å². The smallest absolute Gasteiger partial charge is 0.307 e. The van der Waals surface area contributed by atoms with Crippen LogP contribution in [0.5, 0.6) is 0 Å². The molecule has 1 saturated heterocycles. The van der Waals surface area contributed by atoms with Gasteiger partial charge in [0.2, 0.25) is 0 Å². The number of carboxylic acid groups (broad SMARTS) is 1. The largest absolute Gasteiger partial charge is 0.481 e. The first-order valence-electron chi connectivity index (χ1n) is 4.80. The van der Waals surface area contributed by atoms with Crippen molar-refractivity contribution in [3.05, 3.63) is 0 Å². The fourth-order valence-electron chi connectivity index (χ4n) is 1.61. The van der Waals surface area contributed by atoms with Gasteiger partial charge in [-0.2, -0.15) is 0 Å². The zero-order valence-corrected chi connectivity index (χ0v) is 8.29. The molecule has 4 nitrogen and oxygen atoms in total. The van der Waals surface area contributed by atoms with Gasteiger partial charge in [-0.1, -0.05) is 6.92 Å². The Morgan fingerprint density at radius 3 is 2.38 bits per heavy atom. The van der Waals surface area contributed by atoms with Gasteiger partial charge < -0.3 is 10.4 Å². The normalized spacial score (nSPS) is 23.8. The van der Waals surface area contributed by atoms with Crippen molar-refractivity contribution in [3.8, 4) is 0 Å². The minimum atomic E-state index is -0.703. The van der Waals surface area contributed by atoms with Gasteiger partial charge >= 0.3 is 5.97 Å². The molecule has 2 atom stereocenters. The number of carbonyl (C=O) groups is 1. The number of nitrogens with zero attached hydrogens (tertiary/aromatic N) is 1. The molecule has 4 heteroatoms. The molecule has 0 spiro atoms. The first kappa shape index (κ1) is 10.5. The molecule has 0 aliphatic carbocycles. The van der Waals surface area contributed by atoms with E-state index in [1.165, 1.54) is 0 Å². The molecule has 0 aromatic heterocycles. The zero-order valence-electron chi connectivity index (χ0n) is 8.29. The van der Waals surface area contributed by atoms with Crippen LogP contribution in [0.4, 0.5) is 0 Å². The van der Waals surface area contributed by atoms with Crippen LogP contribution in [0.25, 0.3) is 0 Å². The molecule has 2 N–H and O–H groups in total. The Morgan fingerprint density at radius 2 is 1.92 bits per heavy atom. The van der Waals surface area contributed by atoms with E-state index in [1.807, 2.05) is 6.92 Å². The van der Waals surface area contributed by atoms with Crippen molar-refractivity contribution < 1.29 is 9.90 Å². The zero-order chi connectivity index (χ0) is 9.84. The highest BCUT2D eigenvalue weighted by Gasteiger charge is 2.25. The molecule has 1 aliphatic rings. The third-order valence-corrected chi connectivity index (χ3v) is 2.84. The van der Waals surface area contributed by atoms with Gasteiger partial charge in [-0.3, -0.25) is 9.69 Å². The number of hydrogen-bond acceptors (Lipinski definition) is 3. The fraction of sp³-hybridized carbons (Fsp3) is 0.889. The second kappa shape index (κ2) is 4.58. The van der Waals surface area contributed by atoms with Crippen LogP contribution < -0.4 is 5.32 Å². The molecule has 1 fully saturated rings. The third-order valence-electron chi connectivity index (χ3n) is 2.84. The van der Waals surface area contributed by atoms with E-state index in [0.29, 0.717) is 0 Å². The summed E-state index contributed by atoms with van der Waals surface area (Å²) in [5.41, 5.74) is 0. The molecule has 0 aromatic carbocycles. The van der Waals surface area contributed by atoms with Gasteiger partial charge in [0.1, 0.15) is 0 Å². The van der Waals surface area contributed by atoms with E-state index in [-0.39, 0.29) is 12.0 Å². The summed E-state index contributed by atoms with van der Waals surface area (Å²) in [6.07, 6.45) is 0. The SMILES string of the molecule is CC(C(=O)O)C(C)N1CCNCC1. The highest BCUT2D eigenvalue weighted by Crippen LogP contribution is 2.11. The van der Waals surface area contributed by atoms with Crippen molar-refractivity contribution in [1.29, 1.82) is 0 Å².